The third-order valence-electron chi connectivity index (χ3n) is 3.83. The van der Waals surface area contributed by atoms with Crippen molar-refractivity contribution in [1.82, 2.24) is 0 Å². The van der Waals surface area contributed by atoms with Crippen molar-refractivity contribution < 1.29 is 40.1 Å². The Hall–Kier alpha value is -1.35. The molecular weight excluding hydrogens is 310 g/mol. The Morgan fingerprint density at radius 3 is 2.43 bits per heavy atom. The lowest BCUT2D eigenvalue weighted by Gasteiger charge is -2.42. The molecule has 0 spiro atoms. The van der Waals surface area contributed by atoms with Crippen LogP contribution in [0.4, 0.5) is 0 Å². The van der Waals surface area contributed by atoms with E-state index in [0.29, 0.717) is 0 Å². The van der Waals surface area contributed by atoms with E-state index in [4.69, 9.17) is 19.8 Å². The minimum atomic E-state index is -1.65. The fraction of sp³-hybridized carbons (Fsp3) is 0.643. The van der Waals surface area contributed by atoms with Gasteiger partial charge >= 0.3 is 0 Å². The van der Waals surface area contributed by atoms with Crippen LogP contribution in [0, 0.1) is 11.3 Å². The van der Waals surface area contributed by atoms with Crippen molar-refractivity contribution in [2.45, 2.75) is 49.0 Å². The van der Waals surface area contributed by atoms with E-state index >= 15 is 0 Å². The van der Waals surface area contributed by atoms with Crippen LogP contribution in [0.15, 0.2) is 23.8 Å². The molecule has 0 radical (unpaired) electrons. The van der Waals surface area contributed by atoms with Gasteiger partial charge in [-0.2, -0.15) is 5.26 Å². The molecule has 23 heavy (non-hydrogen) atoms. The van der Waals surface area contributed by atoms with Gasteiger partial charge in [-0.1, -0.05) is 12.2 Å². The molecule has 1 heterocycles. The minimum Gasteiger partial charge on any atom is -0.394 e. The second-order valence-electron chi connectivity index (χ2n) is 5.37. The Morgan fingerprint density at radius 2 is 1.83 bits per heavy atom. The fourth-order valence-corrected chi connectivity index (χ4v) is 2.48. The molecule has 1 aliphatic heterocycles. The van der Waals surface area contributed by atoms with Crippen molar-refractivity contribution in [1.29, 1.82) is 5.26 Å². The number of allylic oxidation sites excluding steroid dienone is 1. The van der Waals surface area contributed by atoms with Crippen LogP contribution in [0.1, 0.15) is 0 Å². The van der Waals surface area contributed by atoms with E-state index in [-0.39, 0.29) is 5.57 Å². The van der Waals surface area contributed by atoms with Gasteiger partial charge in [0.15, 0.2) is 6.29 Å². The second-order valence-corrected chi connectivity index (χ2v) is 5.37. The lowest BCUT2D eigenvalue weighted by Crippen LogP contribution is -2.60. The highest BCUT2D eigenvalue weighted by molar-refractivity contribution is 5.34. The van der Waals surface area contributed by atoms with E-state index in [1.165, 1.54) is 12.2 Å². The summed E-state index contributed by atoms with van der Waals surface area (Å²) in [5.41, 5.74) is 0.238. The van der Waals surface area contributed by atoms with Crippen molar-refractivity contribution in [3.63, 3.8) is 0 Å². The average Bonchev–Trinajstić information content (AvgIpc) is 2.54. The summed E-state index contributed by atoms with van der Waals surface area (Å²) in [6, 6.07) is 1.77. The van der Waals surface area contributed by atoms with Crippen molar-refractivity contribution in [2.75, 3.05) is 6.61 Å². The first-order chi connectivity index (χ1) is 10.9. The lowest BCUT2D eigenvalue weighted by atomic mass is 9.93. The SMILES string of the molecule is N#C/C=C1\C=CC(O)C(O)[C@H]1O[C@@H]1O[C@H](CO)[C@@H](O)[C@H](O)[C@H]1O. The van der Waals surface area contributed by atoms with Crippen LogP contribution in [0.25, 0.3) is 0 Å². The predicted octanol–water partition coefficient (Wildman–Crippen LogP) is -3.09. The van der Waals surface area contributed by atoms with Crippen molar-refractivity contribution >= 4 is 0 Å². The summed E-state index contributed by atoms with van der Waals surface area (Å²) in [6.07, 6.45) is -7.57. The largest absolute Gasteiger partial charge is 0.394 e. The van der Waals surface area contributed by atoms with Gasteiger partial charge in [-0.3, -0.25) is 0 Å². The fourth-order valence-electron chi connectivity index (χ4n) is 2.48. The Labute approximate surface area is 131 Å². The van der Waals surface area contributed by atoms with E-state index in [1.807, 2.05) is 0 Å². The Morgan fingerprint density at radius 1 is 1.13 bits per heavy atom. The summed E-state index contributed by atoms with van der Waals surface area (Å²) in [6.45, 7) is -0.624. The van der Waals surface area contributed by atoms with Crippen molar-refractivity contribution in [2.24, 2.45) is 0 Å². The molecule has 1 saturated heterocycles. The zero-order chi connectivity index (χ0) is 17.1. The van der Waals surface area contributed by atoms with Crippen LogP contribution in [-0.4, -0.2) is 86.3 Å². The van der Waals surface area contributed by atoms with Crippen LogP contribution in [-0.2, 0) is 9.47 Å². The number of nitriles is 1. The van der Waals surface area contributed by atoms with Gasteiger partial charge in [0.05, 0.1) is 12.7 Å². The molecule has 0 bridgehead atoms. The first-order valence-electron chi connectivity index (χ1n) is 7.00. The summed E-state index contributed by atoms with van der Waals surface area (Å²) >= 11 is 0. The van der Waals surface area contributed by atoms with Gasteiger partial charge in [-0.05, 0) is 5.57 Å². The molecule has 2 aliphatic rings. The van der Waals surface area contributed by atoms with Gasteiger partial charge in [0, 0.05) is 6.08 Å². The van der Waals surface area contributed by atoms with E-state index < -0.39 is 55.6 Å². The van der Waals surface area contributed by atoms with Gasteiger partial charge in [0.2, 0.25) is 0 Å². The van der Waals surface area contributed by atoms with Gasteiger partial charge < -0.3 is 40.1 Å². The molecule has 9 nitrogen and oxygen atoms in total. The standard InChI is InChI=1S/C14H19NO8/c15-4-3-6-1-2-7(17)9(18)13(6)23-14-12(21)11(20)10(19)8(5-16)22-14/h1-3,7-14,16-21H,5H2/b6-3+/t7?,8-,9?,10-,11+,12-,13+,14+/m1/s1. The van der Waals surface area contributed by atoms with Crippen LogP contribution < -0.4 is 0 Å². The minimum absolute atomic E-state index is 0.238. The summed E-state index contributed by atoms with van der Waals surface area (Å²) in [4.78, 5) is 0. The van der Waals surface area contributed by atoms with Gasteiger partial charge in [0.25, 0.3) is 0 Å². The van der Waals surface area contributed by atoms with Crippen LogP contribution in [0.2, 0.25) is 0 Å². The Balaban J connectivity index is 2.20. The Kier molecular flexibility index (Phi) is 5.85. The van der Waals surface area contributed by atoms with Crippen LogP contribution in [0.3, 0.4) is 0 Å². The molecule has 2 rings (SSSR count). The van der Waals surface area contributed by atoms with E-state index in [9.17, 15) is 25.5 Å². The van der Waals surface area contributed by atoms with Crippen LogP contribution >= 0.6 is 0 Å². The number of aliphatic hydroxyl groups excluding tert-OH is 6. The molecule has 9 heteroatoms. The molecule has 1 aliphatic carbocycles. The first-order valence-corrected chi connectivity index (χ1v) is 7.00. The maximum atomic E-state index is 10.0. The van der Waals surface area contributed by atoms with E-state index in [1.54, 1.807) is 6.07 Å². The summed E-state index contributed by atoms with van der Waals surface area (Å²) in [7, 11) is 0. The number of rotatable bonds is 3. The Bertz CT molecular complexity index is 513. The predicted molar refractivity (Wildman–Crippen MR) is 73.5 cm³/mol. The summed E-state index contributed by atoms with van der Waals surface area (Å²) < 4.78 is 10.6. The quantitative estimate of drug-likeness (QED) is 0.294. The normalized spacial score (nSPS) is 45.9. The molecule has 0 aromatic rings. The zero-order valence-electron chi connectivity index (χ0n) is 12.0. The highest BCUT2D eigenvalue weighted by Gasteiger charge is 2.46. The molecule has 0 aromatic heterocycles. The molecule has 0 aromatic carbocycles. The maximum absolute atomic E-state index is 10.0. The molecule has 0 amide bonds. The summed E-state index contributed by atoms with van der Waals surface area (Å²) in [5, 5.41) is 66.9. The van der Waals surface area contributed by atoms with Crippen molar-refractivity contribution in [3.05, 3.63) is 23.8 Å². The molecule has 6 N–H and O–H groups in total. The number of hydrogen-bond donors (Lipinski definition) is 6. The maximum Gasteiger partial charge on any atom is 0.187 e. The monoisotopic (exact) mass is 329 g/mol. The van der Waals surface area contributed by atoms with Gasteiger partial charge in [0.1, 0.15) is 42.7 Å². The number of hydrogen-bond acceptors (Lipinski definition) is 9. The molecule has 2 unspecified atom stereocenters. The third-order valence-corrected chi connectivity index (χ3v) is 3.83. The number of nitrogens with zero attached hydrogens (tertiary/aromatic N) is 1. The number of aliphatic hydroxyl groups is 6. The molecule has 128 valence electrons. The average molecular weight is 329 g/mol. The topological polar surface area (TPSA) is 164 Å². The molecule has 0 saturated carbocycles. The third kappa shape index (κ3) is 3.60. The highest BCUT2D eigenvalue weighted by atomic mass is 16.7. The molecular formula is C14H19NO8. The van der Waals surface area contributed by atoms with E-state index in [0.717, 1.165) is 6.08 Å². The zero-order valence-corrected chi connectivity index (χ0v) is 12.0. The van der Waals surface area contributed by atoms with Gasteiger partial charge in [-0.15, -0.1) is 0 Å². The van der Waals surface area contributed by atoms with Crippen molar-refractivity contribution in [3.8, 4) is 6.07 Å². The van der Waals surface area contributed by atoms with E-state index in [2.05, 4.69) is 0 Å². The number of ether oxygens (including phenoxy) is 2. The van der Waals surface area contributed by atoms with Crippen LogP contribution in [0.5, 0.6) is 0 Å². The second kappa shape index (κ2) is 7.48. The smallest absolute Gasteiger partial charge is 0.187 e. The highest BCUT2D eigenvalue weighted by Crippen LogP contribution is 2.28. The lowest BCUT2D eigenvalue weighted by molar-refractivity contribution is -0.314. The first kappa shape index (κ1) is 18.0. The molecule has 8 atom stereocenters. The molecule has 1 fully saturated rings. The van der Waals surface area contributed by atoms with Gasteiger partial charge in [-0.25, -0.2) is 0 Å². The summed E-state index contributed by atoms with van der Waals surface area (Å²) in [5.74, 6) is 0.